The summed E-state index contributed by atoms with van der Waals surface area (Å²) in [5, 5.41) is 5.41. The quantitative estimate of drug-likeness (QED) is 0.283. The van der Waals surface area contributed by atoms with Crippen LogP contribution in [0, 0.1) is 11.8 Å². The number of nitrogens with two attached hydrogens (primary N) is 1. The van der Waals surface area contributed by atoms with Crippen LogP contribution in [0.5, 0.6) is 11.5 Å². The molecule has 1 amide bonds. The summed E-state index contributed by atoms with van der Waals surface area (Å²) >= 11 is 0. The van der Waals surface area contributed by atoms with Gasteiger partial charge >= 0.3 is 12.3 Å². The van der Waals surface area contributed by atoms with Gasteiger partial charge in [0.05, 0.1) is 5.56 Å². The third-order valence-electron chi connectivity index (χ3n) is 4.12. The molecule has 33 heavy (non-hydrogen) atoms. The first-order chi connectivity index (χ1) is 15.4. The topological polar surface area (TPSA) is 85.6 Å². The zero-order valence-corrected chi connectivity index (χ0v) is 19.0. The largest absolute Gasteiger partial charge is 0.457 e. The number of halogens is 3. The van der Waals surface area contributed by atoms with Crippen LogP contribution >= 0.6 is 0 Å². The summed E-state index contributed by atoms with van der Waals surface area (Å²) in [6, 6.07) is 8.24. The maximum atomic E-state index is 13.4. The summed E-state index contributed by atoms with van der Waals surface area (Å²) < 4.78 is 51.2. The van der Waals surface area contributed by atoms with Gasteiger partial charge in [-0.25, -0.2) is 4.79 Å². The zero-order chi connectivity index (χ0) is 24.6. The Balaban J connectivity index is 2.17. The minimum Gasteiger partial charge on any atom is -0.457 e. The summed E-state index contributed by atoms with van der Waals surface area (Å²) in [5.41, 5.74) is 5.66. The molecule has 6 nitrogen and oxygen atoms in total. The molecule has 0 bridgehead atoms. The highest BCUT2D eigenvalue weighted by Gasteiger charge is 2.31. The first kappa shape index (κ1) is 25.7. The van der Waals surface area contributed by atoms with E-state index in [-0.39, 0.29) is 24.5 Å². The van der Waals surface area contributed by atoms with Gasteiger partial charge in [-0.1, -0.05) is 5.92 Å². The minimum atomic E-state index is -4.57. The van der Waals surface area contributed by atoms with Crippen LogP contribution in [0.1, 0.15) is 38.8 Å². The van der Waals surface area contributed by atoms with E-state index < -0.39 is 23.4 Å². The molecule has 0 spiro atoms. The molecular weight excluding hydrogens is 435 g/mol. The van der Waals surface area contributed by atoms with Crippen molar-refractivity contribution in [2.24, 2.45) is 0 Å². The fourth-order valence-corrected chi connectivity index (χ4v) is 2.76. The number of hydrogen-bond donors (Lipinski definition) is 3. The van der Waals surface area contributed by atoms with Crippen LogP contribution < -0.4 is 21.1 Å². The normalized spacial score (nSPS) is 11.2. The summed E-state index contributed by atoms with van der Waals surface area (Å²) in [4.78, 5) is 11.7. The highest BCUT2D eigenvalue weighted by Crippen LogP contribution is 2.36. The number of alkyl halides is 3. The molecule has 0 radical (unpaired) electrons. The Morgan fingerprint density at radius 2 is 1.82 bits per heavy atom. The number of hydrogen-bond acceptors (Lipinski definition) is 5. The molecular formula is C24H28F3N3O3. The lowest BCUT2D eigenvalue weighted by atomic mass is 10.1. The molecule has 0 aliphatic rings. The second-order valence-electron chi connectivity index (χ2n) is 8.17. The van der Waals surface area contributed by atoms with E-state index in [0.717, 1.165) is 12.1 Å². The van der Waals surface area contributed by atoms with Crippen LogP contribution in [0.3, 0.4) is 0 Å². The van der Waals surface area contributed by atoms with Crippen LogP contribution in [-0.4, -0.2) is 24.8 Å². The average molecular weight is 464 g/mol. The number of amides is 1. The van der Waals surface area contributed by atoms with Crippen LogP contribution in [0.15, 0.2) is 36.4 Å². The number of carbonyl (C=O) groups excluding carboxylic acids is 1. The number of rotatable bonds is 7. The van der Waals surface area contributed by atoms with Gasteiger partial charge in [0, 0.05) is 42.5 Å². The fraction of sp³-hybridized carbons (Fsp3) is 0.375. The zero-order valence-electron chi connectivity index (χ0n) is 19.0. The average Bonchev–Trinajstić information content (AvgIpc) is 2.69. The second-order valence-corrected chi connectivity index (χ2v) is 8.17. The molecule has 2 rings (SSSR count). The predicted octanol–water partition coefficient (Wildman–Crippen LogP) is 5.58. The van der Waals surface area contributed by atoms with Gasteiger partial charge in [0.25, 0.3) is 0 Å². The summed E-state index contributed by atoms with van der Waals surface area (Å²) in [5.74, 6) is 6.04. The smallest absolute Gasteiger partial charge is 0.416 e. The van der Waals surface area contributed by atoms with Crippen molar-refractivity contribution in [1.82, 2.24) is 5.32 Å². The van der Waals surface area contributed by atoms with Crippen LogP contribution in [0.4, 0.5) is 29.3 Å². The van der Waals surface area contributed by atoms with Crippen LogP contribution in [0.2, 0.25) is 0 Å². The fourth-order valence-electron chi connectivity index (χ4n) is 2.76. The first-order valence-corrected chi connectivity index (χ1v) is 10.3. The SMILES string of the molecule is CC#CCc1cc(N)ccc1Oc1cc(NCCNC(=O)OC(C)(C)C)cc(C(F)(F)F)c1. The number of benzene rings is 2. The van der Waals surface area contributed by atoms with E-state index >= 15 is 0 Å². The summed E-state index contributed by atoms with van der Waals surface area (Å²) in [7, 11) is 0. The van der Waals surface area contributed by atoms with Crippen LogP contribution in [0.25, 0.3) is 0 Å². The Kier molecular flexibility index (Phi) is 8.46. The van der Waals surface area contributed by atoms with Gasteiger partial charge < -0.3 is 25.8 Å². The Morgan fingerprint density at radius 1 is 1.09 bits per heavy atom. The Labute approximate surface area is 191 Å². The van der Waals surface area contributed by atoms with Crippen molar-refractivity contribution in [2.45, 2.75) is 45.9 Å². The molecule has 2 aromatic carbocycles. The molecule has 0 heterocycles. The van der Waals surface area contributed by atoms with Gasteiger partial charge in [-0.15, -0.1) is 5.92 Å². The molecule has 2 aromatic rings. The Hall–Kier alpha value is -3.54. The molecule has 4 N–H and O–H groups in total. The number of anilines is 2. The number of alkyl carbamates (subject to hydrolysis) is 1. The number of nitrogen functional groups attached to an aromatic ring is 1. The van der Waals surface area contributed by atoms with Gasteiger partial charge in [-0.05, 0) is 58.0 Å². The van der Waals surface area contributed by atoms with Crippen molar-refractivity contribution < 1.29 is 27.4 Å². The Morgan fingerprint density at radius 3 is 2.45 bits per heavy atom. The number of nitrogens with one attached hydrogen (secondary N) is 2. The van der Waals surface area contributed by atoms with Crippen molar-refractivity contribution in [3.63, 3.8) is 0 Å². The van der Waals surface area contributed by atoms with Crippen LogP contribution in [-0.2, 0) is 17.3 Å². The van der Waals surface area contributed by atoms with E-state index in [2.05, 4.69) is 22.5 Å². The van der Waals surface area contributed by atoms with E-state index in [4.69, 9.17) is 15.2 Å². The van der Waals surface area contributed by atoms with Crippen molar-refractivity contribution in [2.75, 3.05) is 24.1 Å². The monoisotopic (exact) mass is 463 g/mol. The molecule has 0 fully saturated rings. The summed E-state index contributed by atoms with van der Waals surface area (Å²) in [6.45, 7) is 7.22. The lowest BCUT2D eigenvalue weighted by Gasteiger charge is -2.20. The molecule has 178 valence electrons. The van der Waals surface area contributed by atoms with E-state index in [1.165, 1.54) is 6.07 Å². The van der Waals surface area contributed by atoms with Crippen molar-refractivity contribution >= 4 is 17.5 Å². The van der Waals surface area contributed by atoms with Crippen molar-refractivity contribution in [3.8, 4) is 23.3 Å². The molecule has 0 aliphatic carbocycles. The molecule has 0 aromatic heterocycles. The lowest BCUT2D eigenvalue weighted by Crippen LogP contribution is -2.35. The van der Waals surface area contributed by atoms with E-state index in [1.54, 1.807) is 45.9 Å². The lowest BCUT2D eigenvalue weighted by molar-refractivity contribution is -0.137. The van der Waals surface area contributed by atoms with Gasteiger partial charge in [0.15, 0.2) is 0 Å². The highest BCUT2D eigenvalue weighted by atomic mass is 19.4. The Bertz CT molecular complexity index is 1040. The first-order valence-electron chi connectivity index (χ1n) is 10.3. The van der Waals surface area contributed by atoms with Gasteiger partial charge in [-0.3, -0.25) is 0 Å². The maximum absolute atomic E-state index is 13.4. The molecule has 0 saturated carbocycles. The number of carbonyl (C=O) groups is 1. The molecule has 0 unspecified atom stereocenters. The van der Waals surface area contributed by atoms with E-state index in [1.807, 2.05) is 0 Å². The standard InChI is InChI=1S/C24H28F3N3O3/c1-5-6-7-16-12-18(28)8-9-21(16)32-20-14-17(24(25,26)27)13-19(15-20)29-10-11-30-22(31)33-23(2,3)4/h8-9,12-15,29H,7,10-11,28H2,1-4H3,(H,30,31). The minimum absolute atomic E-state index is 0.00269. The third-order valence-corrected chi connectivity index (χ3v) is 4.12. The maximum Gasteiger partial charge on any atom is 0.416 e. The molecule has 0 atom stereocenters. The summed E-state index contributed by atoms with van der Waals surface area (Å²) in [6.07, 6.45) is -4.83. The molecule has 0 aliphatic heterocycles. The van der Waals surface area contributed by atoms with Crippen molar-refractivity contribution in [3.05, 3.63) is 47.5 Å². The molecule has 0 saturated heterocycles. The van der Waals surface area contributed by atoms with Gasteiger partial charge in [0.2, 0.25) is 0 Å². The van der Waals surface area contributed by atoms with E-state index in [0.29, 0.717) is 23.4 Å². The molecule has 9 heteroatoms. The van der Waals surface area contributed by atoms with E-state index in [9.17, 15) is 18.0 Å². The second kappa shape index (κ2) is 10.9. The predicted molar refractivity (Wildman–Crippen MR) is 122 cm³/mol. The van der Waals surface area contributed by atoms with Crippen molar-refractivity contribution in [1.29, 1.82) is 0 Å². The highest BCUT2D eigenvalue weighted by molar-refractivity contribution is 5.67. The third kappa shape index (κ3) is 8.85. The number of ether oxygens (including phenoxy) is 2. The van der Waals surface area contributed by atoms with Gasteiger partial charge in [-0.2, -0.15) is 13.2 Å². The van der Waals surface area contributed by atoms with Gasteiger partial charge in [0.1, 0.15) is 17.1 Å².